The maximum absolute atomic E-state index is 12.8. The molecule has 0 radical (unpaired) electrons. The standard InChI is InChI=1S/C22H29N3O3/c1-16-5-4-12-25(15-16)22(26)18-9-11-24-21(14-18)23-10-8-17-6-7-19(27-2)20(13-17)28-3/h6-7,9,11,13-14,16H,4-5,8,10,12,15H2,1-3H3,(H,23,24). The summed E-state index contributed by atoms with van der Waals surface area (Å²) in [7, 11) is 3.26. The minimum Gasteiger partial charge on any atom is -0.493 e. The van der Waals surface area contributed by atoms with Crippen molar-refractivity contribution in [2.45, 2.75) is 26.2 Å². The van der Waals surface area contributed by atoms with Crippen molar-refractivity contribution in [2.24, 2.45) is 5.92 Å². The summed E-state index contributed by atoms with van der Waals surface area (Å²) < 4.78 is 10.6. The predicted molar refractivity (Wildman–Crippen MR) is 110 cm³/mol. The van der Waals surface area contributed by atoms with Gasteiger partial charge in [0.2, 0.25) is 0 Å². The zero-order chi connectivity index (χ0) is 19.9. The van der Waals surface area contributed by atoms with Crippen LogP contribution in [0.2, 0.25) is 0 Å². The average Bonchev–Trinajstić information content (AvgIpc) is 2.73. The molecule has 1 fully saturated rings. The molecule has 2 heterocycles. The van der Waals surface area contributed by atoms with Gasteiger partial charge in [0.1, 0.15) is 5.82 Å². The van der Waals surface area contributed by atoms with E-state index in [1.165, 1.54) is 6.42 Å². The summed E-state index contributed by atoms with van der Waals surface area (Å²) in [6.45, 7) is 4.59. The molecule has 0 spiro atoms. The van der Waals surface area contributed by atoms with Crippen molar-refractivity contribution < 1.29 is 14.3 Å². The number of likely N-dealkylation sites (tertiary alicyclic amines) is 1. The maximum Gasteiger partial charge on any atom is 0.254 e. The van der Waals surface area contributed by atoms with Crippen LogP contribution in [-0.4, -0.2) is 49.6 Å². The molecule has 1 aliphatic rings. The molecule has 0 bridgehead atoms. The lowest BCUT2D eigenvalue weighted by molar-refractivity contribution is 0.0683. The number of benzene rings is 1. The Morgan fingerprint density at radius 1 is 1.21 bits per heavy atom. The van der Waals surface area contributed by atoms with E-state index in [-0.39, 0.29) is 5.91 Å². The lowest BCUT2D eigenvalue weighted by Crippen LogP contribution is -2.39. The van der Waals surface area contributed by atoms with Gasteiger partial charge in [0.25, 0.3) is 5.91 Å². The lowest BCUT2D eigenvalue weighted by Gasteiger charge is -2.31. The molecule has 6 heteroatoms. The molecule has 0 aliphatic carbocycles. The Hall–Kier alpha value is -2.76. The zero-order valence-corrected chi connectivity index (χ0v) is 16.9. The molecule has 1 aromatic heterocycles. The number of carbonyl (C=O) groups is 1. The van der Waals surface area contributed by atoms with E-state index in [2.05, 4.69) is 17.2 Å². The summed E-state index contributed by atoms with van der Waals surface area (Å²) in [6, 6.07) is 9.54. The van der Waals surface area contributed by atoms with Crippen molar-refractivity contribution in [1.82, 2.24) is 9.88 Å². The molecular formula is C22H29N3O3. The first kappa shape index (κ1) is 20.0. The van der Waals surface area contributed by atoms with Crippen LogP contribution < -0.4 is 14.8 Å². The molecule has 2 aromatic rings. The third kappa shape index (κ3) is 4.94. The van der Waals surface area contributed by atoms with Crippen LogP contribution >= 0.6 is 0 Å². The van der Waals surface area contributed by atoms with Gasteiger partial charge >= 0.3 is 0 Å². The Bertz CT molecular complexity index is 809. The van der Waals surface area contributed by atoms with Crippen molar-refractivity contribution in [3.8, 4) is 11.5 Å². The number of rotatable bonds is 7. The minimum atomic E-state index is 0.0943. The molecule has 1 amide bonds. The molecular weight excluding hydrogens is 354 g/mol. The second-order valence-corrected chi connectivity index (χ2v) is 7.29. The number of piperidine rings is 1. The normalized spacial score (nSPS) is 16.5. The van der Waals surface area contributed by atoms with Gasteiger partial charge in [-0.1, -0.05) is 13.0 Å². The molecule has 1 aliphatic heterocycles. The van der Waals surface area contributed by atoms with E-state index < -0.39 is 0 Å². The predicted octanol–water partition coefficient (Wildman–Crippen LogP) is 3.63. The Morgan fingerprint density at radius 2 is 2.04 bits per heavy atom. The quantitative estimate of drug-likeness (QED) is 0.791. The van der Waals surface area contributed by atoms with Crippen LogP contribution in [0.1, 0.15) is 35.7 Å². The second-order valence-electron chi connectivity index (χ2n) is 7.29. The van der Waals surface area contributed by atoms with Gasteiger partial charge in [-0.25, -0.2) is 4.98 Å². The minimum absolute atomic E-state index is 0.0943. The van der Waals surface area contributed by atoms with E-state index in [0.717, 1.165) is 48.8 Å². The summed E-state index contributed by atoms with van der Waals surface area (Å²) in [5.74, 6) is 2.83. The fourth-order valence-corrected chi connectivity index (χ4v) is 3.59. The number of nitrogens with zero attached hydrogens (tertiary/aromatic N) is 2. The highest BCUT2D eigenvalue weighted by atomic mass is 16.5. The van der Waals surface area contributed by atoms with Crippen LogP contribution in [-0.2, 0) is 6.42 Å². The number of amides is 1. The zero-order valence-electron chi connectivity index (χ0n) is 16.9. The highest BCUT2D eigenvalue weighted by molar-refractivity contribution is 5.94. The number of pyridine rings is 1. The monoisotopic (exact) mass is 383 g/mol. The van der Waals surface area contributed by atoms with Gasteiger partial charge in [0.15, 0.2) is 11.5 Å². The van der Waals surface area contributed by atoms with Gasteiger partial charge in [0.05, 0.1) is 14.2 Å². The fraction of sp³-hybridized carbons (Fsp3) is 0.455. The van der Waals surface area contributed by atoms with Crippen LogP contribution in [0.4, 0.5) is 5.82 Å². The number of nitrogens with one attached hydrogen (secondary N) is 1. The smallest absolute Gasteiger partial charge is 0.254 e. The molecule has 6 nitrogen and oxygen atoms in total. The Balaban J connectivity index is 1.58. The van der Waals surface area contributed by atoms with Gasteiger partial charge in [-0.3, -0.25) is 4.79 Å². The van der Waals surface area contributed by atoms with Crippen LogP contribution in [0, 0.1) is 5.92 Å². The highest BCUT2D eigenvalue weighted by Gasteiger charge is 2.22. The van der Waals surface area contributed by atoms with Crippen molar-refractivity contribution in [3.63, 3.8) is 0 Å². The number of ether oxygens (including phenoxy) is 2. The molecule has 1 atom stereocenters. The van der Waals surface area contributed by atoms with E-state index in [1.54, 1.807) is 26.5 Å². The second kappa shape index (κ2) is 9.44. The number of anilines is 1. The molecule has 1 saturated heterocycles. The molecule has 1 N–H and O–H groups in total. The van der Waals surface area contributed by atoms with E-state index in [1.807, 2.05) is 29.2 Å². The van der Waals surface area contributed by atoms with Crippen molar-refractivity contribution in [1.29, 1.82) is 0 Å². The molecule has 1 unspecified atom stereocenters. The van der Waals surface area contributed by atoms with Gasteiger partial charge < -0.3 is 19.7 Å². The molecule has 28 heavy (non-hydrogen) atoms. The molecule has 3 rings (SSSR count). The first-order chi connectivity index (χ1) is 13.6. The molecule has 1 aromatic carbocycles. The summed E-state index contributed by atoms with van der Waals surface area (Å²) in [5.41, 5.74) is 1.83. The summed E-state index contributed by atoms with van der Waals surface area (Å²) in [6.07, 6.45) is 4.78. The van der Waals surface area contributed by atoms with E-state index in [0.29, 0.717) is 18.0 Å². The topological polar surface area (TPSA) is 63.7 Å². The van der Waals surface area contributed by atoms with E-state index in [9.17, 15) is 4.79 Å². The Labute approximate surface area is 166 Å². The average molecular weight is 383 g/mol. The number of methoxy groups -OCH3 is 2. The van der Waals surface area contributed by atoms with Gasteiger partial charge in [-0.05, 0) is 55.0 Å². The summed E-state index contributed by atoms with van der Waals surface area (Å²) in [4.78, 5) is 19.1. The van der Waals surface area contributed by atoms with Crippen molar-refractivity contribution in [3.05, 3.63) is 47.7 Å². The highest BCUT2D eigenvalue weighted by Crippen LogP contribution is 2.27. The third-order valence-corrected chi connectivity index (χ3v) is 5.12. The van der Waals surface area contributed by atoms with E-state index in [4.69, 9.17) is 9.47 Å². The first-order valence-electron chi connectivity index (χ1n) is 9.81. The largest absolute Gasteiger partial charge is 0.493 e. The Kier molecular flexibility index (Phi) is 6.74. The number of carbonyl (C=O) groups excluding carboxylic acids is 1. The lowest BCUT2D eigenvalue weighted by atomic mass is 9.99. The van der Waals surface area contributed by atoms with Crippen LogP contribution in [0.15, 0.2) is 36.5 Å². The van der Waals surface area contributed by atoms with Gasteiger partial charge in [0, 0.05) is 31.4 Å². The van der Waals surface area contributed by atoms with Gasteiger partial charge in [-0.2, -0.15) is 0 Å². The van der Waals surface area contributed by atoms with Crippen molar-refractivity contribution >= 4 is 11.7 Å². The molecule has 0 saturated carbocycles. The van der Waals surface area contributed by atoms with Crippen molar-refractivity contribution in [2.75, 3.05) is 39.2 Å². The van der Waals surface area contributed by atoms with Gasteiger partial charge in [-0.15, -0.1) is 0 Å². The number of aromatic nitrogens is 1. The number of hydrogen-bond acceptors (Lipinski definition) is 5. The summed E-state index contributed by atoms with van der Waals surface area (Å²) >= 11 is 0. The summed E-state index contributed by atoms with van der Waals surface area (Å²) in [5, 5.41) is 3.31. The third-order valence-electron chi connectivity index (χ3n) is 5.12. The van der Waals surface area contributed by atoms with E-state index >= 15 is 0 Å². The molecule has 150 valence electrons. The Morgan fingerprint density at radius 3 is 2.79 bits per heavy atom. The van der Waals surface area contributed by atoms with Crippen LogP contribution in [0.5, 0.6) is 11.5 Å². The SMILES string of the molecule is COc1ccc(CCNc2cc(C(=O)N3CCCC(C)C3)ccn2)cc1OC. The maximum atomic E-state index is 12.8. The fourth-order valence-electron chi connectivity index (χ4n) is 3.59. The van der Waals surface area contributed by atoms with Crippen LogP contribution in [0.3, 0.4) is 0 Å². The number of hydrogen-bond donors (Lipinski definition) is 1. The van der Waals surface area contributed by atoms with Crippen LogP contribution in [0.25, 0.3) is 0 Å². The first-order valence-corrected chi connectivity index (χ1v) is 9.81.